The van der Waals surface area contributed by atoms with Crippen molar-refractivity contribution < 1.29 is 14.3 Å². The van der Waals surface area contributed by atoms with E-state index in [1.165, 1.54) is 7.11 Å². The summed E-state index contributed by atoms with van der Waals surface area (Å²) in [7, 11) is 1.38. The molecule has 1 aliphatic heterocycles. The van der Waals surface area contributed by atoms with Gasteiger partial charge in [0.2, 0.25) is 5.91 Å². The predicted molar refractivity (Wildman–Crippen MR) is 73.7 cm³/mol. The van der Waals surface area contributed by atoms with Gasteiger partial charge in [-0.3, -0.25) is 9.59 Å². The zero-order valence-electron chi connectivity index (χ0n) is 12.3. The number of rotatable bonds is 6. The summed E-state index contributed by atoms with van der Waals surface area (Å²) in [4.78, 5) is 23.8. The van der Waals surface area contributed by atoms with Crippen LogP contribution in [0.4, 0.5) is 0 Å². The van der Waals surface area contributed by atoms with Crippen LogP contribution < -0.4 is 10.6 Å². The van der Waals surface area contributed by atoms with E-state index in [0.717, 1.165) is 38.8 Å². The van der Waals surface area contributed by atoms with Crippen LogP contribution in [0.5, 0.6) is 0 Å². The average molecular weight is 270 g/mol. The molecule has 0 radical (unpaired) electrons. The lowest BCUT2D eigenvalue weighted by Gasteiger charge is -2.34. The average Bonchev–Trinajstić information content (AvgIpc) is 2.47. The molecule has 0 aliphatic carbocycles. The van der Waals surface area contributed by atoms with E-state index in [2.05, 4.69) is 10.6 Å². The minimum Gasteiger partial charge on any atom is -0.469 e. The number of hydrogen-bond donors (Lipinski definition) is 2. The van der Waals surface area contributed by atoms with Gasteiger partial charge < -0.3 is 15.4 Å². The second kappa shape index (κ2) is 7.48. The SMILES string of the molecule is CCC(CC)(CC(=O)OC)NC(=O)C1CCCNC1. The number of nitrogens with one attached hydrogen (secondary N) is 2. The van der Waals surface area contributed by atoms with Crippen molar-refractivity contribution in [2.45, 2.75) is 51.5 Å². The third-order valence-corrected chi connectivity index (χ3v) is 4.12. The molecule has 1 saturated heterocycles. The molecule has 5 heteroatoms. The van der Waals surface area contributed by atoms with E-state index in [1.807, 2.05) is 13.8 Å². The van der Waals surface area contributed by atoms with E-state index in [-0.39, 0.29) is 24.2 Å². The summed E-state index contributed by atoms with van der Waals surface area (Å²) in [6.07, 6.45) is 3.64. The lowest BCUT2D eigenvalue weighted by atomic mass is 9.87. The molecule has 1 fully saturated rings. The fraction of sp³-hybridized carbons (Fsp3) is 0.857. The number of piperidine rings is 1. The van der Waals surface area contributed by atoms with Crippen molar-refractivity contribution >= 4 is 11.9 Å². The summed E-state index contributed by atoms with van der Waals surface area (Å²) in [6.45, 7) is 5.70. The van der Waals surface area contributed by atoms with E-state index in [4.69, 9.17) is 4.74 Å². The van der Waals surface area contributed by atoms with Gasteiger partial charge in [0.15, 0.2) is 0 Å². The van der Waals surface area contributed by atoms with Crippen LogP contribution >= 0.6 is 0 Å². The molecule has 110 valence electrons. The Morgan fingerprint density at radius 2 is 2.05 bits per heavy atom. The highest BCUT2D eigenvalue weighted by Gasteiger charge is 2.33. The van der Waals surface area contributed by atoms with Gasteiger partial charge in [-0.15, -0.1) is 0 Å². The van der Waals surface area contributed by atoms with E-state index in [9.17, 15) is 9.59 Å². The summed E-state index contributed by atoms with van der Waals surface area (Å²) in [5.74, 6) is -0.200. The Hall–Kier alpha value is -1.10. The second-order valence-corrected chi connectivity index (χ2v) is 5.27. The number of methoxy groups -OCH3 is 1. The highest BCUT2D eigenvalue weighted by molar-refractivity contribution is 5.81. The fourth-order valence-corrected chi connectivity index (χ4v) is 2.51. The molecule has 1 atom stereocenters. The van der Waals surface area contributed by atoms with E-state index in [1.54, 1.807) is 0 Å². The smallest absolute Gasteiger partial charge is 0.307 e. The van der Waals surface area contributed by atoms with Crippen LogP contribution in [0.15, 0.2) is 0 Å². The molecule has 0 aromatic rings. The maximum Gasteiger partial charge on any atom is 0.307 e. The third kappa shape index (κ3) is 4.49. The number of esters is 1. The number of carbonyl (C=O) groups is 2. The number of ether oxygens (including phenoxy) is 1. The summed E-state index contributed by atoms with van der Waals surface area (Å²) in [5.41, 5.74) is -0.471. The van der Waals surface area contributed by atoms with Crippen LogP contribution in [0.1, 0.15) is 46.0 Å². The first kappa shape index (κ1) is 16.0. The monoisotopic (exact) mass is 270 g/mol. The molecule has 1 heterocycles. The van der Waals surface area contributed by atoms with Crippen LogP contribution in [-0.4, -0.2) is 37.6 Å². The highest BCUT2D eigenvalue weighted by atomic mass is 16.5. The molecule has 1 unspecified atom stereocenters. The standard InChI is InChI=1S/C14H26N2O3/c1-4-14(5-2,9-12(17)19-3)16-13(18)11-7-6-8-15-10-11/h11,15H,4-10H2,1-3H3,(H,16,18). The van der Waals surface area contributed by atoms with Gasteiger partial charge in [-0.25, -0.2) is 0 Å². The van der Waals surface area contributed by atoms with Gasteiger partial charge in [-0.1, -0.05) is 13.8 Å². The molecular weight excluding hydrogens is 244 g/mol. The molecule has 0 aromatic heterocycles. The quantitative estimate of drug-likeness (QED) is 0.712. The molecule has 5 nitrogen and oxygen atoms in total. The van der Waals surface area contributed by atoms with E-state index in [0.29, 0.717) is 0 Å². The van der Waals surface area contributed by atoms with Crippen LogP contribution in [0.2, 0.25) is 0 Å². The molecule has 0 aromatic carbocycles. The molecule has 19 heavy (non-hydrogen) atoms. The molecule has 1 aliphatic rings. The topological polar surface area (TPSA) is 67.4 Å². The Balaban J connectivity index is 2.65. The Kier molecular flexibility index (Phi) is 6.28. The van der Waals surface area contributed by atoms with E-state index < -0.39 is 5.54 Å². The summed E-state index contributed by atoms with van der Waals surface area (Å²) < 4.78 is 4.73. The Labute approximate surface area is 115 Å². The molecule has 1 rings (SSSR count). The summed E-state index contributed by atoms with van der Waals surface area (Å²) in [5, 5.41) is 6.32. The Morgan fingerprint density at radius 3 is 2.53 bits per heavy atom. The van der Waals surface area contributed by atoms with Crippen molar-refractivity contribution in [3.8, 4) is 0 Å². The van der Waals surface area contributed by atoms with Gasteiger partial charge in [-0.2, -0.15) is 0 Å². The minimum absolute atomic E-state index is 0.0175. The van der Waals surface area contributed by atoms with Crippen LogP contribution in [-0.2, 0) is 14.3 Å². The van der Waals surface area contributed by atoms with Crippen molar-refractivity contribution in [1.82, 2.24) is 10.6 Å². The lowest BCUT2D eigenvalue weighted by molar-refractivity contribution is -0.143. The first-order valence-corrected chi connectivity index (χ1v) is 7.16. The summed E-state index contributed by atoms with van der Waals surface area (Å²) in [6, 6.07) is 0. The molecular formula is C14H26N2O3. The summed E-state index contributed by atoms with van der Waals surface area (Å²) >= 11 is 0. The van der Waals surface area contributed by atoms with Gasteiger partial charge in [0, 0.05) is 12.1 Å². The van der Waals surface area contributed by atoms with Crippen LogP contribution in [0.3, 0.4) is 0 Å². The third-order valence-electron chi connectivity index (χ3n) is 4.12. The van der Waals surface area contributed by atoms with Crippen molar-refractivity contribution in [2.75, 3.05) is 20.2 Å². The Morgan fingerprint density at radius 1 is 1.37 bits per heavy atom. The maximum absolute atomic E-state index is 12.3. The van der Waals surface area contributed by atoms with Gasteiger partial charge in [0.25, 0.3) is 0 Å². The number of hydrogen-bond acceptors (Lipinski definition) is 4. The maximum atomic E-state index is 12.3. The fourth-order valence-electron chi connectivity index (χ4n) is 2.51. The zero-order valence-corrected chi connectivity index (χ0v) is 12.3. The molecule has 1 amide bonds. The highest BCUT2D eigenvalue weighted by Crippen LogP contribution is 2.22. The van der Waals surface area contributed by atoms with Gasteiger partial charge >= 0.3 is 5.97 Å². The molecule has 0 bridgehead atoms. The zero-order chi connectivity index (χ0) is 14.3. The number of amides is 1. The van der Waals surface area contributed by atoms with Crippen LogP contribution in [0, 0.1) is 5.92 Å². The molecule has 0 saturated carbocycles. The van der Waals surface area contributed by atoms with Gasteiger partial charge in [-0.05, 0) is 32.2 Å². The van der Waals surface area contributed by atoms with Crippen molar-refractivity contribution in [3.05, 3.63) is 0 Å². The minimum atomic E-state index is -0.471. The van der Waals surface area contributed by atoms with Gasteiger partial charge in [0.1, 0.15) is 0 Å². The number of carbonyl (C=O) groups excluding carboxylic acids is 2. The lowest BCUT2D eigenvalue weighted by Crippen LogP contribution is -2.53. The van der Waals surface area contributed by atoms with Crippen molar-refractivity contribution in [2.24, 2.45) is 5.92 Å². The van der Waals surface area contributed by atoms with Crippen molar-refractivity contribution in [3.63, 3.8) is 0 Å². The largest absolute Gasteiger partial charge is 0.469 e. The Bertz CT molecular complexity index is 308. The first-order valence-electron chi connectivity index (χ1n) is 7.16. The molecule has 2 N–H and O–H groups in total. The first-order chi connectivity index (χ1) is 9.06. The predicted octanol–water partition coefficient (Wildman–Crippen LogP) is 1.22. The van der Waals surface area contributed by atoms with E-state index >= 15 is 0 Å². The van der Waals surface area contributed by atoms with Gasteiger partial charge in [0.05, 0.1) is 19.4 Å². The van der Waals surface area contributed by atoms with Crippen LogP contribution in [0.25, 0.3) is 0 Å². The normalized spacial score (nSPS) is 19.8. The molecule has 0 spiro atoms. The van der Waals surface area contributed by atoms with Crippen molar-refractivity contribution in [1.29, 1.82) is 0 Å². The second-order valence-electron chi connectivity index (χ2n) is 5.27.